The van der Waals surface area contributed by atoms with Gasteiger partial charge in [0.1, 0.15) is 5.75 Å². The Labute approximate surface area is 136 Å². The van der Waals surface area contributed by atoms with Crippen molar-refractivity contribution in [1.29, 1.82) is 0 Å². The molecule has 0 saturated carbocycles. The maximum atomic E-state index is 11.4. The van der Waals surface area contributed by atoms with Crippen molar-refractivity contribution in [1.82, 2.24) is 4.90 Å². The van der Waals surface area contributed by atoms with Gasteiger partial charge in [-0.25, -0.2) is 0 Å². The number of aromatic hydroxyl groups is 1. The Morgan fingerprint density at radius 2 is 1.87 bits per heavy atom. The Bertz CT molecular complexity index is 691. The molecule has 23 heavy (non-hydrogen) atoms. The first kappa shape index (κ1) is 15.4. The first-order valence-corrected chi connectivity index (χ1v) is 8.04. The molecule has 0 unspecified atom stereocenters. The third-order valence-corrected chi connectivity index (χ3v) is 4.38. The lowest BCUT2D eigenvalue weighted by atomic mass is 10.0. The van der Waals surface area contributed by atoms with Gasteiger partial charge in [0.2, 0.25) is 5.91 Å². The zero-order valence-corrected chi connectivity index (χ0v) is 13.3. The van der Waals surface area contributed by atoms with Crippen molar-refractivity contribution in [2.75, 3.05) is 18.4 Å². The Kier molecular flexibility index (Phi) is 4.51. The summed E-state index contributed by atoms with van der Waals surface area (Å²) < 4.78 is 0. The molecule has 3 rings (SSSR count). The molecular formula is C19H22N2O2. The Balaban J connectivity index is 1.76. The fourth-order valence-corrected chi connectivity index (χ4v) is 3.09. The molecule has 1 saturated heterocycles. The van der Waals surface area contributed by atoms with Gasteiger partial charge in [-0.1, -0.05) is 30.3 Å². The summed E-state index contributed by atoms with van der Waals surface area (Å²) in [5, 5.41) is 13.3. The summed E-state index contributed by atoms with van der Waals surface area (Å²) in [6.07, 6.45) is 1.90. The summed E-state index contributed by atoms with van der Waals surface area (Å²) in [7, 11) is 0. The molecule has 1 heterocycles. The summed E-state index contributed by atoms with van der Waals surface area (Å²) >= 11 is 0. The van der Waals surface area contributed by atoms with Gasteiger partial charge in [-0.15, -0.1) is 0 Å². The quantitative estimate of drug-likeness (QED) is 0.912. The molecule has 1 amide bonds. The average Bonchev–Trinajstić information content (AvgIpc) is 2.56. The van der Waals surface area contributed by atoms with Crippen LogP contribution in [0.2, 0.25) is 0 Å². The van der Waals surface area contributed by atoms with E-state index in [0.29, 0.717) is 6.04 Å². The summed E-state index contributed by atoms with van der Waals surface area (Å²) in [4.78, 5) is 13.3. The second kappa shape index (κ2) is 6.73. The van der Waals surface area contributed by atoms with Crippen LogP contribution in [-0.4, -0.2) is 35.0 Å². The zero-order chi connectivity index (χ0) is 16.2. The summed E-state index contributed by atoms with van der Waals surface area (Å²) in [5.41, 5.74) is 3.14. The number of nitrogens with zero attached hydrogens (tertiary/aromatic N) is 1. The maximum Gasteiger partial charge on any atom is 0.219 e. The van der Waals surface area contributed by atoms with Gasteiger partial charge in [0.05, 0.1) is 0 Å². The number of benzene rings is 2. The second-order valence-corrected chi connectivity index (χ2v) is 6.02. The normalized spacial score (nSPS) is 15.4. The van der Waals surface area contributed by atoms with E-state index in [4.69, 9.17) is 0 Å². The summed E-state index contributed by atoms with van der Waals surface area (Å²) in [5.74, 6) is 0.427. The van der Waals surface area contributed by atoms with Gasteiger partial charge in [-0.2, -0.15) is 0 Å². The molecule has 4 heteroatoms. The van der Waals surface area contributed by atoms with Crippen LogP contribution in [0.4, 0.5) is 5.69 Å². The Morgan fingerprint density at radius 3 is 2.57 bits per heavy atom. The van der Waals surface area contributed by atoms with E-state index in [2.05, 4.69) is 17.4 Å². The average molecular weight is 310 g/mol. The van der Waals surface area contributed by atoms with Crippen LogP contribution in [0.3, 0.4) is 0 Å². The minimum atomic E-state index is 0.156. The van der Waals surface area contributed by atoms with Crippen LogP contribution in [0.25, 0.3) is 11.1 Å². The lowest BCUT2D eigenvalue weighted by Gasteiger charge is -2.32. The molecule has 1 fully saturated rings. The van der Waals surface area contributed by atoms with Crippen molar-refractivity contribution in [3.8, 4) is 16.9 Å². The first-order valence-electron chi connectivity index (χ1n) is 8.04. The number of hydrogen-bond donors (Lipinski definition) is 2. The van der Waals surface area contributed by atoms with Crippen LogP contribution in [0.1, 0.15) is 19.8 Å². The molecule has 2 N–H and O–H groups in total. The molecule has 0 bridgehead atoms. The monoisotopic (exact) mass is 310 g/mol. The smallest absolute Gasteiger partial charge is 0.219 e. The van der Waals surface area contributed by atoms with Crippen molar-refractivity contribution >= 4 is 11.6 Å². The standard InChI is InChI=1S/C19H22N2O2/c1-14(22)21-11-9-16(10-12-21)20-19-8-3-2-7-18(19)15-5-4-6-17(23)13-15/h2-8,13,16,20,23H,9-12H2,1H3. The Hall–Kier alpha value is -2.49. The molecule has 2 aromatic rings. The molecule has 4 nitrogen and oxygen atoms in total. The van der Waals surface area contributed by atoms with Crippen molar-refractivity contribution in [2.45, 2.75) is 25.8 Å². The molecule has 1 aliphatic heterocycles. The first-order chi connectivity index (χ1) is 11.1. The number of nitrogens with one attached hydrogen (secondary N) is 1. The topological polar surface area (TPSA) is 52.6 Å². The van der Waals surface area contributed by atoms with Crippen molar-refractivity contribution in [3.63, 3.8) is 0 Å². The van der Waals surface area contributed by atoms with Crippen LogP contribution in [-0.2, 0) is 4.79 Å². The SMILES string of the molecule is CC(=O)N1CCC(Nc2ccccc2-c2cccc(O)c2)CC1. The highest BCUT2D eigenvalue weighted by Crippen LogP contribution is 2.31. The number of carbonyl (C=O) groups is 1. The van der Waals surface area contributed by atoms with Crippen LogP contribution >= 0.6 is 0 Å². The van der Waals surface area contributed by atoms with E-state index in [1.54, 1.807) is 19.1 Å². The number of rotatable bonds is 3. The summed E-state index contributed by atoms with van der Waals surface area (Å²) in [6, 6.07) is 15.8. The molecule has 0 spiro atoms. The van der Waals surface area contributed by atoms with E-state index in [-0.39, 0.29) is 11.7 Å². The van der Waals surface area contributed by atoms with Crippen molar-refractivity contribution in [2.24, 2.45) is 0 Å². The predicted molar refractivity (Wildman–Crippen MR) is 92.4 cm³/mol. The second-order valence-electron chi connectivity index (χ2n) is 6.02. The van der Waals surface area contributed by atoms with Crippen LogP contribution in [0, 0.1) is 0 Å². The zero-order valence-electron chi connectivity index (χ0n) is 13.3. The van der Waals surface area contributed by atoms with Crippen LogP contribution in [0.15, 0.2) is 48.5 Å². The highest BCUT2D eigenvalue weighted by Gasteiger charge is 2.21. The van der Waals surface area contributed by atoms with Gasteiger partial charge in [0.25, 0.3) is 0 Å². The van der Waals surface area contributed by atoms with Crippen molar-refractivity contribution < 1.29 is 9.90 Å². The lowest BCUT2D eigenvalue weighted by molar-refractivity contribution is -0.129. The largest absolute Gasteiger partial charge is 0.508 e. The summed E-state index contributed by atoms with van der Waals surface area (Å²) in [6.45, 7) is 3.24. The minimum absolute atomic E-state index is 0.156. The Morgan fingerprint density at radius 1 is 1.13 bits per heavy atom. The van der Waals surface area contributed by atoms with Crippen LogP contribution < -0.4 is 5.32 Å². The van der Waals surface area contributed by atoms with Gasteiger partial charge in [-0.05, 0) is 36.6 Å². The molecule has 120 valence electrons. The molecule has 0 aliphatic carbocycles. The third kappa shape index (κ3) is 3.65. The molecule has 0 atom stereocenters. The van der Waals surface area contributed by atoms with Gasteiger partial charge in [0, 0.05) is 37.3 Å². The van der Waals surface area contributed by atoms with Gasteiger partial charge in [0.15, 0.2) is 0 Å². The maximum absolute atomic E-state index is 11.4. The van der Waals surface area contributed by atoms with E-state index in [0.717, 1.165) is 42.7 Å². The number of hydrogen-bond acceptors (Lipinski definition) is 3. The molecule has 0 radical (unpaired) electrons. The van der Waals surface area contributed by atoms with E-state index >= 15 is 0 Å². The highest BCUT2D eigenvalue weighted by atomic mass is 16.3. The fourth-order valence-electron chi connectivity index (χ4n) is 3.09. The molecular weight excluding hydrogens is 288 g/mol. The van der Waals surface area contributed by atoms with E-state index in [9.17, 15) is 9.90 Å². The molecule has 0 aromatic heterocycles. The number of anilines is 1. The van der Waals surface area contributed by atoms with Crippen LogP contribution in [0.5, 0.6) is 5.75 Å². The van der Waals surface area contributed by atoms with Gasteiger partial charge < -0.3 is 15.3 Å². The number of para-hydroxylation sites is 1. The fraction of sp³-hybridized carbons (Fsp3) is 0.316. The highest BCUT2D eigenvalue weighted by molar-refractivity contribution is 5.78. The van der Waals surface area contributed by atoms with E-state index < -0.39 is 0 Å². The lowest BCUT2D eigenvalue weighted by Crippen LogP contribution is -2.41. The van der Waals surface area contributed by atoms with Gasteiger partial charge in [-0.3, -0.25) is 4.79 Å². The van der Waals surface area contributed by atoms with E-state index in [1.807, 2.05) is 29.2 Å². The number of likely N-dealkylation sites (tertiary alicyclic amines) is 1. The number of phenols is 1. The van der Waals surface area contributed by atoms with Crippen molar-refractivity contribution in [3.05, 3.63) is 48.5 Å². The number of piperidine rings is 1. The van der Waals surface area contributed by atoms with E-state index in [1.165, 1.54) is 0 Å². The minimum Gasteiger partial charge on any atom is -0.508 e. The molecule has 1 aliphatic rings. The molecule has 2 aromatic carbocycles. The van der Waals surface area contributed by atoms with Gasteiger partial charge >= 0.3 is 0 Å². The third-order valence-electron chi connectivity index (χ3n) is 4.38. The number of carbonyl (C=O) groups excluding carboxylic acids is 1. The predicted octanol–water partition coefficient (Wildman–Crippen LogP) is 3.48. The number of phenolic OH excluding ortho intramolecular Hbond substituents is 1. The number of amides is 1.